The topological polar surface area (TPSA) is 32.3 Å². The summed E-state index contributed by atoms with van der Waals surface area (Å²) in [5.74, 6) is 1.07. The Kier molecular flexibility index (Phi) is 2.88. The average Bonchev–Trinajstić information content (AvgIpc) is 2.59. The van der Waals surface area contributed by atoms with Crippen LogP contribution >= 0.6 is 11.8 Å². The molecule has 0 unspecified atom stereocenters. The lowest BCUT2D eigenvalue weighted by Gasteiger charge is -2.43. The van der Waals surface area contributed by atoms with Crippen molar-refractivity contribution in [1.29, 1.82) is 0 Å². The molecule has 2 aliphatic heterocycles. The molecule has 3 nitrogen and oxygen atoms in total. The van der Waals surface area contributed by atoms with E-state index in [2.05, 4.69) is 10.2 Å². The minimum atomic E-state index is 0.242. The number of amides is 1. The summed E-state index contributed by atoms with van der Waals surface area (Å²) in [4.78, 5) is 14.0. The van der Waals surface area contributed by atoms with Crippen LogP contribution in [0, 0.1) is 0 Å². The van der Waals surface area contributed by atoms with Crippen LogP contribution in [0.1, 0.15) is 38.5 Å². The first-order valence-corrected chi connectivity index (χ1v) is 7.53. The van der Waals surface area contributed by atoms with Crippen molar-refractivity contribution in [2.75, 3.05) is 18.8 Å². The number of hydrogen-bond donors (Lipinski definition) is 1. The fraction of sp³-hybridized carbons (Fsp3) is 0.917. The van der Waals surface area contributed by atoms with Gasteiger partial charge in [0.15, 0.2) is 0 Å². The van der Waals surface area contributed by atoms with Crippen molar-refractivity contribution in [3.05, 3.63) is 0 Å². The highest BCUT2D eigenvalue weighted by atomic mass is 32.2. The summed E-state index contributed by atoms with van der Waals surface area (Å²) in [6.07, 6.45) is 7.65. The van der Waals surface area contributed by atoms with Gasteiger partial charge < -0.3 is 10.2 Å². The Bertz CT molecular complexity index is 289. The van der Waals surface area contributed by atoms with Crippen molar-refractivity contribution >= 4 is 17.7 Å². The first-order valence-electron chi connectivity index (χ1n) is 6.48. The number of carbonyl (C=O) groups is 1. The van der Waals surface area contributed by atoms with Gasteiger partial charge in [-0.2, -0.15) is 0 Å². The van der Waals surface area contributed by atoms with Crippen LogP contribution in [0.3, 0.4) is 0 Å². The molecule has 1 saturated carbocycles. The van der Waals surface area contributed by atoms with Gasteiger partial charge in [-0.3, -0.25) is 4.79 Å². The fourth-order valence-electron chi connectivity index (χ4n) is 3.43. The van der Waals surface area contributed by atoms with Crippen molar-refractivity contribution in [3.63, 3.8) is 0 Å². The molecular weight excluding hydrogens is 220 g/mol. The maximum atomic E-state index is 11.9. The number of nitrogens with zero attached hydrogens (tertiary/aromatic N) is 1. The van der Waals surface area contributed by atoms with E-state index in [-0.39, 0.29) is 5.54 Å². The summed E-state index contributed by atoms with van der Waals surface area (Å²) >= 11 is 1.87. The predicted octanol–water partition coefficient (Wildman–Crippen LogP) is 1.58. The second kappa shape index (κ2) is 4.22. The molecule has 1 spiro atoms. The summed E-state index contributed by atoms with van der Waals surface area (Å²) in [7, 11) is 0. The summed E-state index contributed by atoms with van der Waals surface area (Å²) in [6.45, 7) is 2.05. The van der Waals surface area contributed by atoms with Crippen LogP contribution in [0.5, 0.6) is 0 Å². The Balaban J connectivity index is 1.87. The number of nitrogens with one attached hydrogen (secondary N) is 1. The Hall–Kier alpha value is -0.220. The van der Waals surface area contributed by atoms with E-state index < -0.39 is 0 Å². The van der Waals surface area contributed by atoms with E-state index in [1.165, 1.54) is 32.1 Å². The van der Waals surface area contributed by atoms with Gasteiger partial charge in [-0.1, -0.05) is 19.3 Å². The Labute approximate surface area is 101 Å². The van der Waals surface area contributed by atoms with Crippen molar-refractivity contribution in [1.82, 2.24) is 10.2 Å². The lowest BCUT2D eigenvalue weighted by Crippen LogP contribution is -2.57. The molecule has 1 amide bonds. The molecule has 0 aromatic heterocycles. The lowest BCUT2D eigenvalue weighted by molar-refractivity contribution is -0.128. The van der Waals surface area contributed by atoms with Crippen LogP contribution in [0.15, 0.2) is 0 Å². The summed E-state index contributed by atoms with van der Waals surface area (Å²) in [6, 6.07) is 0. The zero-order valence-electron chi connectivity index (χ0n) is 9.71. The Morgan fingerprint density at radius 3 is 2.88 bits per heavy atom. The van der Waals surface area contributed by atoms with Crippen LogP contribution in [-0.4, -0.2) is 40.6 Å². The molecule has 0 bridgehead atoms. The van der Waals surface area contributed by atoms with Gasteiger partial charge in [-0.05, 0) is 25.8 Å². The predicted molar refractivity (Wildman–Crippen MR) is 66.4 cm³/mol. The van der Waals surface area contributed by atoms with E-state index in [9.17, 15) is 4.79 Å². The minimum absolute atomic E-state index is 0.242. The quantitative estimate of drug-likeness (QED) is 0.698. The normalized spacial score (nSPS) is 33.9. The highest BCUT2D eigenvalue weighted by Crippen LogP contribution is 2.42. The van der Waals surface area contributed by atoms with Crippen LogP contribution in [-0.2, 0) is 4.79 Å². The third kappa shape index (κ3) is 1.66. The monoisotopic (exact) mass is 240 g/mol. The van der Waals surface area contributed by atoms with Crippen molar-refractivity contribution in [3.8, 4) is 0 Å². The minimum Gasteiger partial charge on any atom is -0.328 e. The Morgan fingerprint density at radius 2 is 2.06 bits per heavy atom. The first-order chi connectivity index (χ1) is 7.82. The van der Waals surface area contributed by atoms with Gasteiger partial charge >= 0.3 is 0 Å². The van der Waals surface area contributed by atoms with E-state index >= 15 is 0 Å². The third-order valence-electron chi connectivity index (χ3n) is 4.24. The van der Waals surface area contributed by atoms with E-state index in [1.54, 1.807) is 0 Å². The maximum absolute atomic E-state index is 11.9. The second-order valence-electron chi connectivity index (χ2n) is 5.25. The van der Waals surface area contributed by atoms with Gasteiger partial charge in [0, 0.05) is 12.1 Å². The van der Waals surface area contributed by atoms with Crippen LogP contribution in [0.2, 0.25) is 0 Å². The first kappa shape index (κ1) is 10.9. The fourth-order valence-corrected chi connectivity index (χ4v) is 4.94. The van der Waals surface area contributed by atoms with Crippen molar-refractivity contribution in [2.24, 2.45) is 0 Å². The SMILES string of the molecule is O=C1CS[C@H]2N1CCCNC21CCCCC1. The van der Waals surface area contributed by atoms with E-state index in [0.717, 1.165) is 19.5 Å². The summed E-state index contributed by atoms with van der Waals surface area (Å²) in [5.41, 5.74) is 0.242. The zero-order valence-corrected chi connectivity index (χ0v) is 10.5. The standard InChI is InChI=1S/C12H20N2OS/c15-10-9-16-11-12(5-2-1-3-6-12)13-7-4-8-14(10)11/h11,13H,1-9H2/t11-/m1/s1. The smallest absolute Gasteiger partial charge is 0.233 e. The van der Waals surface area contributed by atoms with Gasteiger partial charge in [0.1, 0.15) is 0 Å². The van der Waals surface area contributed by atoms with Gasteiger partial charge in [0.05, 0.1) is 11.1 Å². The number of carbonyl (C=O) groups excluding carboxylic acids is 1. The van der Waals surface area contributed by atoms with Gasteiger partial charge in [0.2, 0.25) is 5.91 Å². The molecule has 4 heteroatoms. The Morgan fingerprint density at radius 1 is 1.25 bits per heavy atom. The number of rotatable bonds is 0. The molecule has 2 heterocycles. The molecule has 90 valence electrons. The van der Waals surface area contributed by atoms with E-state index in [1.807, 2.05) is 11.8 Å². The second-order valence-corrected chi connectivity index (χ2v) is 6.32. The molecule has 3 fully saturated rings. The van der Waals surface area contributed by atoms with Crippen molar-refractivity contribution in [2.45, 2.75) is 49.4 Å². The van der Waals surface area contributed by atoms with Gasteiger partial charge in [0.25, 0.3) is 0 Å². The molecule has 0 aromatic rings. The summed E-state index contributed by atoms with van der Waals surface area (Å²) < 4.78 is 0. The molecule has 0 radical (unpaired) electrons. The van der Waals surface area contributed by atoms with Gasteiger partial charge in [-0.15, -0.1) is 11.8 Å². The van der Waals surface area contributed by atoms with Crippen LogP contribution < -0.4 is 5.32 Å². The maximum Gasteiger partial charge on any atom is 0.233 e. The van der Waals surface area contributed by atoms with E-state index in [0.29, 0.717) is 17.0 Å². The van der Waals surface area contributed by atoms with E-state index in [4.69, 9.17) is 0 Å². The molecule has 3 aliphatic rings. The largest absolute Gasteiger partial charge is 0.328 e. The number of fused-ring (bicyclic) bond motifs is 2. The molecule has 1 aliphatic carbocycles. The van der Waals surface area contributed by atoms with Crippen molar-refractivity contribution < 1.29 is 4.79 Å². The zero-order chi connectivity index (χ0) is 11.0. The molecule has 16 heavy (non-hydrogen) atoms. The molecule has 0 aromatic carbocycles. The van der Waals surface area contributed by atoms with Gasteiger partial charge in [-0.25, -0.2) is 0 Å². The highest BCUT2D eigenvalue weighted by molar-refractivity contribution is 8.01. The molecule has 2 saturated heterocycles. The van der Waals surface area contributed by atoms with Crippen LogP contribution in [0.4, 0.5) is 0 Å². The third-order valence-corrected chi connectivity index (χ3v) is 5.67. The summed E-state index contributed by atoms with van der Waals surface area (Å²) in [5, 5.41) is 4.19. The highest BCUT2D eigenvalue weighted by Gasteiger charge is 2.48. The number of thioether (sulfide) groups is 1. The average molecular weight is 240 g/mol. The molecular formula is C12H20N2OS. The number of hydrogen-bond acceptors (Lipinski definition) is 3. The molecule has 3 rings (SSSR count). The van der Waals surface area contributed by atoms with Crippen LogP contribution in [0.25, 0.3) is 0 Å². The molecule has 1 atom stereocenters. The molecule has 1 N–H and O–H groups in total. The lowest BCUT2D eigenvalue weighted by atomic mass is 9.81.